The van der Waals surface area contributed by atoms with Crippen LogP contribution in [-0.4, -0.2) is 21.9 Å². The SMILES string of the molecule is C=C(C)[C@@H]1CC[C@]2(O)CC[C@]3(C)[C@H](CC[C@@H]4[C@@]5(C)CC[C@H](O)C(C)(C)[C@@H]5CC[C@]43C)[C@H]12. The van der Waals surface area contributed by atoms with Crippen LogP contribution < -0.4 is 0 Å². The molecule has 5 aliphatic carbocycles. The molecule has 0 amide bonds. The van der Waals surface area contributed by atoms with Gasteiger partial charge in [0.2, 0.25) is 0 Å². The minimum Gasteiger partial charge on any atom is -0.393 e. The normalized spacial score (nSPS) is 57.9. The molecular formula is C29H48O2. The van der Waals surface area contributed by atoms with E-state index in [2.05, 4.69) is 48.1 Å². The van der Waals surface area contributed by atoms with Gasteiger partial charge in [-0.2, -0.15) is 0 Å². The molecule has 5 aliphatic rings. The second kappa shape index (κ2) is 6.62. The maximum absolute atomic E-state index is 11.7. The van der Waals surface area contributed by atoms with E-state index in [1.54, 1.807) is 0 Å². The van der Waals surface area contributed by atoms with E-state index in [9.17, 15) is 10.2 Å². The van der Waals surface area contributed by atoms with Gasteiger partial charge in [0, 0.05) is 0 Å². The fourth-order valence-electron chi connectivity index (χ4n) is 11.1. The largest absolute Gasteiger partial charge is 0.393 e. The lowest BCUT2D eigenvalue weighted by Crippen LogP contribution is -2.67. The Morgan fingerprint density at radius 3 is 2.16 bits per heavy atom. The van der Waals surface area contributed by atoms with Gasteiger partial charge >= 0.3 is 0 Å². The molecule has 5 fully saturated rings. The van der Waals surface area contributed by atoms with Crippen molar-refractivity contribution in [3.63, 3.8) is 0 Å². The molecule has 0 radical (unpaired) electrons. The summed E-state index contributed by atoms with van der Waals surface area (Å²) in [7, 11) is 0. The van der Waals surface area contributed by atoms with E-state index in [-0.39, 0.29) is 11.5 Å². The van der Waals surface area contributed by atoms with Gasteiger partial charge in [-0.3, -0.25) is 0 Å². The molecule has 0 heterocycles. The molecule has 2 nitrogen and oxygen atoms in total. The Bertz CT molecular complexity index is 771. The lowest BCUT2D eigenvalue weighted by molar-refractivity contribution is -0.254. The number of hydrogen-bond acceptors (Lipinski definition) is 2. The quantitative estimate of drug-likeness (QED) is 0.453. The van der Waals surface area contributed by atoms with E-state index in [1.807, 2.05) is 0 Å². The molecule has 0 bridgehead atoms. The number of aliphatic hydroxyl groups is 2. The number of allylic oxidation sites excluding steroid dienone is 1. The first-order chi connectivity index (χ1) is 14.3. The Hall–Kier alpha value is -0.340. The molecule has 176 valence electrons. The molecule has 0 aromatic carbocycles. The van der Waals surface area contributed by atoms with Crippen LogP contribution >= 0.6 is 0 Å². The van der Waals surface area contributed by atoms with Crippen LogP contribution in [-0.2, 0) is 0 Å². The molecule has 31 heavy (non-hydrogen) atoms. The predicted octanol–water partition coefficient (Wildman–Crippen LogP) is 6.75. The van der Waals surface area contributed by atoms with Crippen molar-refractivity contribution < 1.29 is 10.2 Å². The van der Waals surface area contributed by atoms with Crippen LogP contribution in [0.3, 0.4) is 0 Å². The molecule has 0 saturated heterocycles. The van der Waals surface area contributed by atoms with E-state index in [1.165, 1.54) is 44.1 Å². The zero-order valence-electron chi connectivity index (χ0n) is 21.1. The second-order valence-electron chi connectivity index (χ2n) is 14.2. The monoisotopic (exact) mass is 428 g/mol. The van der Waals surface area contributed by atoms with Crippen molar-refractivity contribution in [2.24, 2.45) is 51.2 Å². The van der Waals surface area contributed by atoms with Crippen molar-refractivity contribution in [2.45, 2.75) is 117 Å². The van der Waals surface area contributed by atoms with Crippen molar-refractivity contribution >= 4 is 0 Å². The molecule has 5 saturated carbocycles. The third-order valence-electron chi connectivity index (χ3n) is 13.0. The van der Waals surface area contributed by atoms with Crippen molar-refractivity contribution in [1.29, 1.82) is 0 Å². The Morgan fingerprint density at radius 2 is 1.48 bits per heavy atom. The van der Waals surface area contributed by atoms with Gasteiger partial charge in [-0.05, 0) is 122 Å². The first-order valence-corrected chi connectivity index (χ1v) is 13.4. The Labute approximate surface area is 191 Å². The van der Waals surface area contributed by atoms with Gasteiger partial charge in [-0.25, -0.2) is 0 Å². The summed E-state index contributed by atoms with van der Waals surface area (Å²) in [6.07, 6.45) is 11.4. The highest BCUT2D eigenvalue weighted by Gasteiger charge is 2.70. The van der Waals surface area contributed by atoms with Gasteiger partial charge < -0.3 is 10.2 Å². The molecule has 0 unspecified atom stereocenters. The summed E-state index contributed by atoms with van der Waals surface area (Å²) in [6, 6.07) is 0. The van der Waals surface area contributed by atoms with Crippen LogP contribution in [0.4, 0.5) is 0 Å². The summed E-state index contributed by atoms with van der Waals surface area (Å²) >= 11 is 0. The lowest BCUT2D eigenvalue weighted by Gasteiger charge is -2.72. The highest BCUT2D eigenvalue weighted by atomic mass is 16.3. The van der Waals surface area contributed by atoms with E-state index in [0.717, 1.165) is 31.6 Å². The Kier molecular flexibility index (Phi) is 4.80. The molecule has 0 spiro atoms. The number of hydrogen-bond donors (Lipinski definition) is 2. The van der Waals surface area contributed by atoms with Crippen molar-refractivity contribution in [3.05, 3.63) is 12.2 Å². The van der Waals surface area contributed by atoms with Crippen LogP contribution in [0.2, 0.25) is 0 Å². The lowest BCUT2D eigenvalue weighted by atomic mass is 9.33. The average Bonchev–Trinajstić information content (AvgIpc) is 3.04. The van der Waals surface area contributed by atoms with Crippen molar-refractivity contribution in [2.75, 3.05) is 0 Å². The van der Waals surface area contributed by atoms with Crippen LogP contribution in [0.15, 0.2) is 12.2 Å². The highest BCUT2D eigenvalue weighted by molar-refractivity contribution is 5.22. The molecule has 0 aliphatic heterocycles. The predicted molar refractivity (Wildman–Crippen MR) is 127 cm³/mol. The van der Waals surface area contributed by atoms with Gasteiger partial charge in [0.1, 0.15) is 0 Å². The third-order valence-corrected chi connectivity index (χ3v) is 13.0. The van der Waals surface area contributed by atoms with E-state index in [4.69, 9.17) is 0 Å². The Morgan fingerprint density at radius 1 is 0.774 bits per heavy atom. The molecule has 10 atom stereocenters. The first kappa shape index (κ1) is 22.5. The summed E-state index contributed by atoms with van der Waals surface area (Å²) in [5.41, 5.74) is 1.85. The van der Waals surface area contributed by atoms with Crippen molar-refractivity contribution in [3.8, 4) is 0 Å². The molecular weight excluding hydrogens is 380 g/mol. The van der Waals surface area contributed by atoms with Gasteiger partial charge in [-0.15, -0.1) is 0 Å². The second-order valence-corrected chi connectivity index (χ2v) is 14.2. The summed E-state index contributed by atoms with van der Waals surface area (Å²) < 4.78 is 0. The van der Waals surface area contributed by atoms with Crippen LogP contribution in [0, 0.1) is 51.2 Å². The van der Waals surface area contributed by atoms with E-state index >= 15 is 0 Å². The topological polar surface area (TPSA) is 40.5 Å². The van der Waals surface area contributed by atoms with Gasteiger partial charge in [-0.1, -0.05) is 46.8 Å². The smallest absolute Gasteiger partial charge is 0.0684 e. The van der Waals surface area contributed by atoms with Gasteiger partial charge in [0.15, 0.2) is 0 Å². The zero-order chi connectivity index (χ0) is 22.6. The minimum atomic E-state index is -0.449. The van der Waals surface area contributed by atoms with Gasteiger partial charge in [0.05, 0.1) is 11.7 Å². The third kappa shape index (κ3) is 2.64. The molecule has 5 rings (SSSR count). The summed E-state index contributed by atoms with van der Waals surface area (Å²) in [5, 5.41) is 22.6. The summed E-state index contributed by atoms with van der Waals surface area (Å²) in [4.78, 5) is 0. The first-order valence-electron chi connectivity index (χ1n) is 13.4. The fourth-order valence-corrected chi connectivity index (χ4v) is 11.1. The number of fused-ring (bicyclic) bond motifs is 7. The van der Waals surface area contributed by atoms with E-state index in [0.29, 0.717) is 39.9 Å². The molecule has 0 aromatic heterocycles. The fraction of sp³-hybridized carbons (Fsp3) is 0.931. The van der Waals surface area contributed by atoms with Crippen LogP contribution in [0.1, 0.15) is 106 Å². The average molecular weight is 429 g/mol. The van der Waals surface area contributed by atoms with E-state index < -0.39 is 5.60 Å². The minimum absolute atomic E-state index is 0.0232. The zero-order valence-corrected chi connectivity index (χ0v) is 21.1. The molecule has 0 aromatic rings. The standard InChI is InChI=1S/C29H48O2/c1-18(2)19-10-15-29(31)17-16-27(6)20(24(19)29)8-9-22-26(5)13-12-23(30)25(3,4)21(26)11-14-28(22,27)7/h19-24,30-31H,1,8-17H2,2-7H3/t19-,20+,21-,22+,23-,24-,26-,27+,28+,29-/m0/s1. The maximum Gasteiger partial charge on any atom is 0.0684 e. The molecule has 2 N–H and O–H groups in total. The van der Waals surface area contributed by atoms with Crippen LogP contribution in [0.5, 0.6) is 0 Å². The van der Waals surface area contributed by atoms with Crippen LogP contribution in [0.25, 0.3) is 0 Å². The maximum atomic E-state index is 11.7. The Balaban J connectivity index is 1.54. The summed E-state index contributed by atoms with van der Waals surface area (Å²) in [5.74, 6) is 2.90. The number of rotatable bonds is 1. The summed E-state index contributed by atoms with van der Waals surface area (Å²) in [6.45, 7) is 19.1. The van der Waals surface area contributed by atoms with Crippen molar-refractivity contribution in [1.82, 2.24) is 0 Å². The van der Waals surface area contributed by atoms with Gasteiger partial charge in [0.25, 0.3) is 0 Å². The highest BCUT2D eigenvalue weighted by Crippen LogP contribution is 2.76. The number of aliphatic hydroxyl groups excluding tert-OH is 1. The molecule has 2 heteroatoms.